The van der Waals surface area contributed by atoms with Crippen LogP contribution in [0.3, 0.4) is 0 Å². The van der Waals surface area contributed by atoms with Gasteiger partial charge >= 0.3 is 11.9 Å². The molecule has 0 fully saturated rings. The Morgan fingerprint density at radius 1 is 0.773 bits per heavy atom. The summed E-state index contributed by atoms with van der Waals surface area (Å²) in [6.45, 7) is 7.38. The van der Waals surface area contributed by atoms with Crippen LogP contribution in [0.5, 0.6) is 11.5 Å². The second-order valence-corrected chi connectivity index (χ2v) is 3.91. The van der Waals surface area contributed by atoms with Gasteiger partial charge in [0.15, 0.2) is 0 Å². The van der Waals surface area contributed by atoms with Gasteiger partial charge in [-0.15, -0.1) is 0 Å². The zero-order chi connectivity index (χ0) is 16.2. The Bertz CT molecular complexity index is 459. The van der Waals surface area contributed by atoms with Gasteiger partial charge in [0.05, 0.1) is 0 Å². The Balaban J connectivity index is 2.22. The first-order chi connectivity index (χ1) is 10.7. The maximum Gasteiger partial charge on any atom is 0.330 e. The van der Waals surface area contributed by atoms with E-state index < -0.39 is 11.9 Å². The number of ether oxygens (including phenoxy) is 4. The summed E-state index contributed by atoms with van der Waals surface area (Å²) in [7, 11) is 0. The summed E-state index contributed by atoms with van der Waals surface area (Å²) in [5, 5.41) is 0. The van der Waals surface area contributed by atoms with Gasteiger partial charge in [-0.25, -0.2) is 9.59 Å². The number of carbonyl (C=O) groups is 2. The SMILES string of the molecule is C=CC(=O)OCCOc1ccc(OCCOC(=O)C=C)cc1. The van der Waals surface area contributed by atoms with Gasteiger partial charge in [-0.3, -0.25) is 0 Å². The summed E-state index contributed by atoms with van der Waals surface area (Å²) in [5.41, 5.74) is 0. The fourth-order valence-corrected chi connectivity index (χ4v) is 1.35. The van der Waals surface area contributed by atoms with Gasteiger partial charge in [0, 0.05) is 12.2 Å². The zero-order valence-corrected chi connectivity index (χ0v) is 12.2. The van der Waals surface area contributed by atoms with Crippen LogP contribution in [0, 0.1) is 0 Å². The van der Waals surface area contributed by atoms with Gasteiger partial charge in [-0.2, -0.15) is 0 Å². The molecule has 0 aliphatic carbocycles. The van der Waals surface area contributed by atoms with E-state index in [9.17, 15) is 9.59 Å². The summed E-state index contributed by atoms with van der Waals surface area (Å²) >= 11 is 0. The van der Waals surface area contributed by atoms with Crippen molar-refractivity contribution in [1.29, 1.82) is 0 Å². The van der Waals surface area contributed by atoms with Crippen molar-refractivity contribution in [2.45, 2.75) is 0 Å². The zero-order valence-electron chi connectivity index (χ0n) is 12.2. The van der Waals surface area contributed by atoms with Crippen LogP contribution in [0.4, 0.5) is 0 Å². The lowest BCUT2D eigenvalue weighted by Gasteiger charge is -2.09. The molecule has 1 aromatic rings. The van der Waals surface area contributed by atoms with Gasteiger partial charge in [0.1, 0.15) is 37.9 Å². The predicted octanol–water partition coefficient (Wildman–Crippen LogP) is 1.90. The molecule has 0 amide bonds. The van der Waals surface area contributed by atoms with Gasteiger partial charge in [-0.1, -0.05) is 13.2 Å². The maximum atomic E-state index is 10.8. The smallest absolute Gasteiger partial charge is 0.330 e. The second kappa shape index (κ2) is 10.0. The Morgan fingerprint density at radius 2 is 1.14 bits per heavy atom. The number of hydrogen-bond acceptors (Lipinski definition) is 6. The highest BCUT2D eigenvalue weighted by molar-refractivity contribution is 5.81. The minimum atomic E-state index is -0.482. The Labute approximate surface area is 128 Å². The average Bonchev–Trinajstić information content (AvgIpc) is 2.56. The quantitative estimate of drug-likeness (QED) is 0.373. The molecular weight excluding hydrogens is 288 g/mol. The van der Waals surface area contributed by atoms with Gasteiger partial charge in [-0.05, 0) is 24.3 Å². The summed E-state index contributed by atoms with van der Waals surface area (Å²) < 4.78 is 20.3. The number of benzene rings is 1. The molecule has 0 bridgehead atoms. The van der Waals surface area contributed by atoms with E-state index in [2.05, 4.69) is 13.2 Å². The number of carbonyl (C=O) groups excluding carboxylic acids is 2. The number of hydrogen-bond donors (Lipinski definition) is 0. The summed E-state index contributed by atoms with van der Waals surface area (Å²) in [5.74, 6) is 0.286. The molecule has 0 radical (unpaired) electrons. The van der Waals surface area contributed by atoms with Crippen LogP contribution in [0.15, 0.2) is 49.6 Å². The van der Waals surface area contributed by atoms with E-state index in [-0.39, 0.29) is 26.4 Å². The molecule has 22 heavy (non-hydrogen) atoms. The fourth-order valence-electron chi connectivity index (χ4n) is 1.35. The molecule has 0 aliphatic rings. The van der Waals surface area contributed by atoms with E-state index in [1.807, 2.05) is 0 Å². The first-order valence-corrected chi connectivity index (χ1v) is 6.59. The molecule has 0 N–H and O–H groups in total. The molecule has 0 saturated heterocycles. The van der Waals surface area contributed by atoms with Crippen molar-refractivity contribution in [3.63, 3.8) is 0 Å². The minimum Gasteiger partial charge on any atom is -0.490 e. The monoisotopic (exact) mass is 306 g/mol. The van der Waals surface area contributed by atoms with E-state index in [1.165, 1.54) is 0 Å². The van der Waals surface area contributed by atoms with E-state index >= 15 is 0 Å². The molecular formula is C16H18O6. The number of esters is 2. The third kappa shape index (κ3) is 7.14. The lowest BCUT2D eigenvalue weighted by molar-refractivity contribution is -0.139. The summed E-state index contributed by atoms with van der Waals surface area (Å²) in [6.07, 6.45) is 2.19. The lowest BCUT2D eigenvalue weighted by Crippen LogP contribution is -2.10. The van der Waals surface area contributed by atoms with Crippen LogP contribution in [-0.2, 0) is 19.1 Å². The number of rotatable bonds is 10. The van der Waals surface area contributed by atoms with E-state index in [0.29, 0.717) is 11.5 Å². The lowest BCUT2D eigenvalue weighted by atomic mass is 10.3. The fraction of sp³-hybridized carbons (Fsp3) is 0.250. The van der Waals surface area contributed by atoms with Crippen molar-refractivity contribution in [3.8, 4) is 11.5 Å². The highest BCUT2D eigenvalue weighted by Crippen LogP contribution is 2.17. The van der Waals surface area contributed by atoms with E-state index in [1.54, 1.807) is 24.3 Å². The molecule has 6 nitrogen and oxygen atoms in total. The van der Waals surface area contributed by atoms with Crippen molar-refractivity contribution >= 4 is 11.9 Å². The van der Waals surface area contributed by atoms with Crippen LogP contribution < -0.4 is 9.47 Å². The van der Waals surface area contributed by atoms with Gasteiger partial charge in [0.2, 0.25) is 0 Å². The average molecular weight is 306 g/mol. The topological polar surface area (TPSA) is 71.1 Å². The van der Waals surface area contributed by atoms with Crippen molar-refractivity contribution in [1.82, 2.24) is 0 Å². The van der Waals surface area contributed by atoms with Gasteiger partial charge < -0.3 is 18.9 Å². The second-order valence-electron chi connectivity index (χ2n) is 3.91. The molecule has 0 saturated carbocycles. The van der Waals surface area contributed by atoms with Crippen LogP contribution >= 0.6 is 0 Å². The normalized spacial score (nSPS) is 9.45. The summed E-state index contributed by atoms with van der Waals surface area (Å²) in [4.78, 5) is 21.6. The van der Waals surface area contributed by atoms with Crippen LogP contribution in [-0.4, -0.2) is 38.4 Å². The van der Waals surface area contributed by atoms with E-state index in [0.717, 1.165) is 12.2 Å². The molecule has 0 unspecified atom stereocenters. The Morgan fingerprint density at radius 3 is 1.45 bits per heavy atom. The highest BCUT2D eigenvalue weighted by Gasteiger charge is 2.00. The minimum absolute atomic E-state index is 0.151. The molecule has 118 valence electrons. The third-order valence-corrected chi connectivity index (χ3v) is 2.35. The van der Waals surface area contributed by atoms with Crippen LogP contribution in [0.2, 0.25) is 0 Å². The molecule has 1 aromatic carbocycles. The molecule has 0 aliphatic heterocycles. The van der Waals surface area contributed by atoms with E-state index in [4.69, 9.17) is 18.9 Å². The summed E-state index contributed by atoms with van der Waals surface area (Å²) in [6, 6.07) is 6.89. The molecule has 1 rings (SSSR count). The first kappa shape index (κ1) is 17.3. The van der Waals surface area contributed by atoms with Crippen LogP contribution in [0.1, 0.15) is 0 Å². The molecule has 0 aromatic heterocycles. The van der Waals surface area contributed by atoms with Crippen molar-refractivity contribution in [2.24, 2.45) is 0 Å². The third-order valence-electron chi connectivity index (χ3n) is 2.35. The largest absolute Gasteiger partial charge is 0.490 e. The predicted molar refractivity (Wildman–Crippen MR) is 79.7 cm³/mol. The van der Waals surface area contributed by atoms with Gasteiger partial charge in [0.25, 0.3) is 0 Å². The van der Waals surface area contributed by atoms with Crippen molar-refractivity contribution < 1.29 is 28.5 Å². The highest BCUT2D eigenvalue weighted by atomic mass is 16.6. The molecule has 0 heterocycles. The standard InChI is InChI=1S/C16H18O6/c1-3-15(17)21-11-9-19-13-5-7-14(8-6-13)20-10-12-22-16(18)4-2/h3-8H,1-2,9-12H2. The maximum absolute atomic E-state index is 10.8. The Hall–Kier alpha value is -2.76. The molecule has 0 atom stereocenters. The van der Waals surface area contributed by atoms with Crippen molar-refractivity contribution in [3.05, 3.63) is 49.6 Å². The van der Waals surface area contributed by atoms with Crippen LogP contribution in [0.25, 0.3) is 0 Å². The Kier molecular flexibility index (Phi) is 7.89. The first-order valence-electron chi connectivity index (χ1n) is 6.59. The molecule has 0 spiro atoms. The van der Waals surface area contributed by atoms with Crippen molar-refractivity contribution in [2.75, 3.05) is 26.4 Å². The molecule has 6 heteroatoms.